The lowest BCUT2D eigenvalue weighted by Crippen LogP contribution is -2.40. The van der Waals surface area contributed by atoms with Gasteiger partial charge in [-0.1, -0.05) is 6.08 Å². The van der Waals surface area contributed by atoms with Gasteiger partial charge in [-0.2, -0.15) is 11.8 Å². The summed E-state index contributed by atoms with van der Waals surface area (Å²) in [6, 6.07) is 5.38. The number of anilines is 1. The molecule has 0 aromatic heterocycles. The maximum atomic E-state index is 14.5. The van der Waals surface area contributed by atoms with Crippen LogP contribution in [0.3, 0.4) is 0 Å². The number of carbonyl (C=O) groups is 1. The lowest BCUT2D eigenvalue weighted by molar-refractivity contribution is -0.119. The van der Waals surface area contributed by atoms with Crippen LogP contribution in [-0.2, 0) is 9.53 Å². The molecule has 0 bridgehead atoms. The molecule has 124 valence electrons. The van der Waals surface area contributed by atoms with Crippen molar-refractivity contribution in [1.82, 2.24) is 5.32 Å². The minimum Gasteiger partial charge on any atom is -0.355 e. The summed E-state index contributed by atoms with van der Waals surface area (Å²) < 4.78 is 20.2. The number of halogens is 1. The van der Waals surface area contributed by atoms with Crippen LogP contribution >= 0.6 is 11.8 Å². The monoisotopic (exact) mass is 336 g/mol. The fourth-order valence-corrected chi connectivity index (χ4v) is 3.78. The van der Waals surface area contributed by atoms with Crippen molar-refractivity contribution in [2.45, 2.75) is 19.6 Å². The highest BCUT2D eigenvalue weighted by molar-refractivity contribution is 7.99. The molecule has 4 nitrogen and oxygen atoms in total. The minimum absolute atomic E-state index is 0.0934. The fourth-order valence-electron chi connectivity index (χ4n) is 2.93. The molecular weight excluding hydrogens is 315 g/mol. The van der Waals surface area contributed by atoms with E-state index >= 15 is 0 Å². The summed E-state index contributed by atoms with van der Waals surface area (Å²) in [5.74, 6) is 1.72. The molecule has 2 heterocycles. The summed E-state index contributed by atoms with van der Waals surface area (Å²) in [7, 11) is 0. The number of hydrogen-bond donors (Lipinski definition) is 1. The Balaban J connectivity index is 1.76. The molecule has 3 rings (SSSR count). The normalized spacial score (nSPS) is 21.2. The molecule has 0 spiro atoms. The third kappa shape index (κ3) is 3.87. The highest BCUT2D eigenvalue weighted by atomic mass is 32.2. The Morgan fingerprint density at radius 3 is 3.09 bits per heavy atom. The molecule has 1 aromatic carbocycles. The average Bonchev–Trinajstić information content (AvgIpc) is 3.02. The van der Waals surface area contributed by atoms with Crippen LogP contribution in [0, 0.1) is 5.82 Å². The number of nitrogens with one attached hydrogen (secondary N) is 1. The quantitative estimate of drug-likeness (QED) is 0.918. The van der Waals surface area contributed by atoms with E-state index in [0.717, 1.165) is 29.2 Å². The largest absolute Gasteiger partial charge is 0.355 e. The van der Waals surface area contributed by atoms with Gasteiger partial charge in [0.25, 0.3) is 0 Å². The van der Waals surface area contributed by atoms with Crippen LogP contribution in [0.5, 0.6) is 0 Å². The van der Waals surface area contributed by atoms with Crippen molar-refractivity contribution in [2.24, 2.45) is 0 Å². The zero-order valence-corrected chi connectivity index (χ0v) is 14.0. The molecule has 0 saturated carbocycles. The Morgan fingerprint density at radius 2 is 2.39 bits per heavy atom. The minimum atomic E-state index is -0.241. The van der Waals surface area contributed by atoms with Gasteiger partial charge in [-0.05, 0) is 35.9 Å². The number of allylic oxidation sites excluding steroid dienone is 1. The second kappa shape index (κ2) is 7.36. The van der Waals surface area contributed by atoms with Gasteiger partial charge in [-0.3, -0.25) is 4.79 Å². The number of benzene rings is 1. The van der Waals surface area contributed by atoms with Crippen molar-refractivity contribution < 1.29 is 13.9 Å². The van der Waals surface area contributed by atoms with Crippen LogP contribution < -0.4 is 10.2 Å². The molecule has 6 heteroatoms. The third-order valence-corrected chi connectivity index (χ3v) is 5.00. The van der Waals surface area contributed by atoms with Crippen LogP contribution in [0.25, 0.3) is 5.57 Å². The van der Waals surface area contributed by atoms with Crippen LogP contribution in [0.2, 0.25) is 0 Å². The Labute approximate surface area is 140 Å². The van der Waals surface area contributed by atoms with Crippen molar-refractivity contribution in [1.29, 1.82) is 0 Å². The van der Waals surface area contributed by atoms with Crippen LogP contribution in [0.15, 0.2) is 24.3 Å². The number of thioether (sulfide) groups is 1. The summed E-state index contributed by atoms with van der Waals surface area (Å²) >= 11 is 1.87. The second-order valence-corrected chi connectivity index (χ2v) is 6.82. The van der Waals surface area contributed by atoms with E-state index < -0.39 is 0 Å². The molecule has 1 aromatic rings. The first-order valence-corrected chi connectivity index (χ1v) is 9.00. The van der Waals surface area contributed by atoms with Crippen molar-refractivity contribution in [3.63, 3.8) is 0 Å². The van der Waals surface area contributed by atoms with Gasteiger partial charge in [0.15, 0.2) is 0 Å². The molecule has 1 fully saturated rings. The first-order valence-electron chi connectivity index (χ1n) is 7.84. The predicted molar refractivity (Wildman–Crippen MR) is 92.1 cm³/mol. The van der Waals surface area contributed by atoms with E-state index in [2.05, 4.69) is 11.4 Å². The second-order valence-electron chi connectivity index (χ2n) is 5.67. The first-order chi connectivity index (χ1) is 11.1. The zero-order chi connectivity index (χ0) is 16.2. The van der Waals surface area contributed by atoms with E-state index in [1.165, 1.54) is 6.92 Å². The highest BCUT2D eigenvalue weighted by Gasteiger charge is 2.26. The summed E-state index contributed by atoms with van der Waals surface area (Å²) in [5, 5.41) is 2.75. The van der Waals surface area contributed by atoms with Gasteiger partial charge in [0, 0.05) is 30.5 Å². The van der Waals surface area contributed by atoms with E-state index in [1.54, 1.807) is 6.07 Å². The van der Waals surface area contributed by atoms with Crippen LogP contribution in [-0.4, -0.2) is 43.3 Å². The Kier molecular flexibility index (Phi) is 5.23. The molecule has 1 N–H and O–H groups in total. The Morgan fingerprint density at radius 1 is 1.52 bits per heavy atom. The smallest absolute Gasteiger partial charge is 0.217 e. The predicted octanol–water partition coefficient (Wildman–Crippen LogP) is 2.64. The molecule has 23 heavy (non-hydrogen) atoms. The number of nitrogens with zero attached hydrogens (tertiary/aromatic N) is 1. The van der Waals surface area contributed by atoms with Gasteiger partial charge >= 0.3 is 0 Å². The fraction of sp³-hybridized carbons (Fsp3) is 0.471. The highest BCUT2D eigenvalue weighted by Crippen LogP contribution is 2.31. The number of rotatable bonds is 4. The molecule has 1 saturated heterocycles. The van der Waals surface area contributed by atoms with E-state index in [4.69, 9.17) is 4.74 Å². The standard InChI is InChI=1S/C17H21FN2O2S/c1-12(21)19-11-17-20(6-7-22-17)14-2-3-15(16(18)10-14)13-4-8-23-9-5-13/h2-4,10,17H,5-9,11H2,1H3,(H,19,21). The van der Waals surface area contributed by atoms with E-state index in [1.807, 2.05) is 28.8 Å². The molecule has 2 aliphatic heterocycles. The van der Waals surface area contributed by atoms with Gasteiger partial charge in [-0.15, -0.1) is 0 Å². The average molecular weight is 336 g/mol. The van der Waals surface area contributed by atoms with Crippen molar-refractivity contribution in [2.75, 3.05) is 36.1 Å². The van der Waals surface area contributed by atoms with E-state index in [-0.39, 0.29) is 18.0 Å². The van der Waals surface area contributed by atoms with Gasteiger partial charge < -0.3 is 15.0 Å². The number of carbonyl (C=O) groups excluding carboxylic acids is 1. The van der Waals surface area contributed by atoms with Crippen molar-refractivity contribution >= 4 is 28.9 Å². The zero-order valence-electron chi connectivity index (χ0n) is 13.2. The van der Waals surface area contributed by atoms with Crippen molar-refractivity contribution in [3.05, 3.63) is 35.7 Å². The van der Waals surface area contributed by atoms with Crippen LogP contribution in [0.1, 0.15) is 18.9 Å². The van der Waals surface area contributed by atoms with Gasteiger partial charge in [0.1, 0.15) is 12.0 Å². The third-order valence-electron chi connectivity index (χ3n) is 4.11. The van der Waals surface area contributed by atoms with E-state index in [0.29, 0.717) is 25.3 Å². The summed E-state index contributed by atoms with van der Waals surface area (Å²) in [6.45, 7) is 3.16. The molecule has 1 amide bonds. The SMILES string of the molecule is CC(=O)NCC1OCCN1c1ccc(C2=CCSCC2)c(F)c1. The number of hydrogen-bond acceptors (Lipinski definition) is 4. The lowest BCUT2D eigenvalue weighted by Gasteiger charge is -2.26. The van der Waals surface area contributed by atoms with Gasteiger partial charge in [0.2, 0.25) is 5.91 Å². The number of ether oxygens (including phenoxy) is 1. The van der Waals surface area contributed by atoms with Gasteiger partial charge in [0.05, 0.1) is 13.2 Å². The van der Waals surface area contributed by atoms with Crippen molar-refractivity contribution in [3.8, 4) is 0 Å². The summed E-state index contributed by atoms with van der Waals surface area (Å²) in [6.07, 6.45) is 2.79. The molecule has 1 unspecified atom stereocenters. The topological polar surface area (TPSA) is 41.6 Å². The maximum Gasteiger partial charge on any atom is 0.217 e. The first kappa shape index (κ1) is 16.3. The molecule has 2 aliphatic rings. The molecule has 1 atom stereocenters. The number of amides is 1. The summed E-state index contributed by atoms with van der Waals surface area (Å²) in [5.41, 5.74) is 2.60. The van der Waals surface area contributed by atoms with Gasteiger partial charge in [-0.25, -0.2) is 4.39 Å². The Bertz CT molecular complexity index is 621. The van der Waals surface area contributed by atoms with E-state index in [9.17, 15) is 9.18 Å². The summed E-state index contributed by atoms with van der Waals surface area (Å²) in [4.78, 5) is 13.1. The maximum absolute atomic E-state index is 14.5. The van der Waals surface area contributed by atoms with Crippen LogP contribution in [0.4, 0.5) is 10.1 Å². The lowest BCUT2D eigenvalue weighted by atomic mass is 10.0. The molecular formula is C17H21FN2O2S. The molecule has 0 aliphatic carbocycles. The molecule has 0 radical (unpaired) electrons. The Hall–Kier alpha value is -1.53.